The van der Waals surface area contributed by atoms with Gasteiger partial charge in [-0.25, -0.2) is 4.39 Å². The van der Waals surface area contributed by atoms with E-state index < -0.39 is 5.82 Å². The van der Waals surface area contributed by atoms with E-state index in [9.17, 15) is 9.18 Å². The second kappa shape index (κ2) is 5.33. The van der Waals surface area contributed by atoms with E-state index in [1.807, 2.05) is 18.2 Å². The summed E-state index contributed by atoms with van der Waals surface area (Å²) in [5.74, 6) is 0.237. The van der Waals surface area contributed by atoms with Crippen LogP contribution in [0.5, 0.6) is 5.75 Å². The zero-order valence-corrected chi connectivity index (χ0v) is 10.9. The number of fused-ring (bicyclic) bond motifs is 1. The van der Waals surface area contributed by atoms with Crippen LogP contribution in [0.15, 0.2) is 42.5 Å². The Labute approximate surface area is 116 Å². The van der Waals surface area contributed by atoms with E-state index in [-0.39, 0.29) is 18.0 Å². The summed E-state index contributed by atoms with van der Waals surface area (Å²) in [6, 6.07) is 11.9. The fourth-order valence-corrected chi connectivity index (χ4v) is 2.29. The third kappa shape index (κ3) is 2.64. The highest BCUT2D eigenvalue weighted by Crippen LogP contribution is 2.26. The zero-order chi connectivity index (χ0) is 13.9. The Balaban J connectivity index is 1.69. The molecule has 2 aromatic carbocycles. The van der Waals surface area contributed by atoms with Crippen molar-refractivity contribution in [3.8, 4) is 5.75 Å². The molecule has 0 unspecified atom stereocenters. The number of amides is 1. The van der Waals surface area contributed by atoms with Crippen LogP contribution in [0.4, 0.5) is 10.1 Å². The van der Waals surface area contributed by atoms with E-state index >= 15 is 0 Å². The fourth-order valence-electron chi connectivity index (χ4n) is 2.29. The molecule has 3 rings (SSSR count). The van der Waals surface area contributed by atoms with Gasteiger partial charge >= 0.3 is 0 Å². The lowest BCUT2D eigenvalue weighted by atomic mass is 10.1. The van der Waals surface area contributed by atoms with Gasteiger partial charge in [-0.1, -0.05) is 24.3 Å². The molecule has 3 nitrogen and oxygen atoms in total. The summed E-state index contributed by atoms with van der Waals surface area (Å²) in [5.41, 5.74) is 2.24. The topological polar surface area (TPSA) is 38.3 Å². The lowest BCUT2D eigenvalue weighted by Crippen LogP contribution is -2.15. The molecule has 102 valence electrons. The van der Waals surface area contributed by atoms with Crippen molar-refractivity contribution in [2.45, 2.75) is 12.8 Å². The summed E-state index contributed by atoms with van der Waals surface area (Å²) in [6.07, 6.45) is 1.10. The van der Waals surface area contributed by atoms with E-state index in [1.165, 1.54) is 6.07 Å². The highest BCUT2D eigenvalue weighted by atomic mass is 19.1. The van der Waals surface area contributed by atoms with Gasteiger partial charge in [-0.2, -0.15) is 0 Å². The highest BCUT2D eigenvalue weighted by Gasteiger charge is 2.13. The number of ether oxygens (including phenoxy) is 1. The molecule has 1 heterocycles. The van der Waals surface area contributed by atoms with Crippen molar-refractivity contribution < 1.29 is 13.9 Å². The quantitative estimate of drug-likeness (QED) is 0.932. The number of rotatable bonds is 3. The second-order valence-electron chi connectivity index (χ2n) is 4.75. The molecule has 1 aliphatic heterocycles. The third-order valence-corrected chi connectivity index (χ3v) is 3.27. The van der Waals surface area contributed by atoms with E-state index in [0.29, 0.717) is 6.61 Å². The Morgan fingerprint density at radius 1 is 1.25 bits per heavy atom. The van der Waals surface area contributed by atoms with Crippen molar-refractivity contribution in [1.82, 2.24) is 0 Å². The van der Waals surface area contributed by atoms with E-state index in [1.54, 1.807) is 18.2 Å². The summed E-state index contributed by atoms with van der Waals surface area (Å²) >= 11 is 0. The number of carbonyl (C=O) groups is 1. The van der Waals surface area contributed by atoms with Crippen LogP contribution in [0.3, 0.4) is 0 Å². The number of hydrogen-bond acceptors (Lipinski definition) is 2. The minimum Gasteiger partial charge on any atom is -0.493 e. The maximum absolute atomic E-state index is 13.4. The number of nitrogens with one attached hydrogen (secondary N) is 1. The van der Waals surface area contributed by atoms with Gasteiger partial charge in [0.15, 0.2) is 0 Å². The van der Waals surface area contributed by atoms with Crippen molar-refractivity contribution in [2.75, 3.05) is 11.9 Å². The molecule has 0 aromatic heterocycles. The monoisotopic (exact) mass is 271 g/mol. The van der Waals surface area contributed by atoms with Crippen molar-refractivity contribution in [1.29, 1.82) is 0 Å². The van der Waals surface area contributed by atoms with Crippen LogP contribution in [0.2, 0.25) is 0 Å². The van der Waals surface area contributed by atoms with Crippen molar-refractivity contribution >= 4 is 11.6 Å². The van der Waals surface area contributed by atoms with Crippen LogP contribution < -0.4 is 10.1 Å². The van der Waals surface area contributed by atoms with Crippen molar-refractivity contribution in [3.63, 3.8) is 0 Å². The molecule has 4 heteroatoms. The molecular weight excluding hydrogens is 257 g/mol. The molecule has 0 saturated heterocycles. The number of benzene rings is 2. The third-order valence-electron chi connectivity index (χ3n) is 3.27. The fraction of sp³-hybridized carbons (Fsp3) is 0.188. The average molecular weight is 271 g/mol. The summed E-state index contributed by atoms with van der Waals surface area (Å²) in [7, 11) is 0. The van der Waals surface area contributed by atoms with Gasteiger partial charge in [0.05, 0.1) is 18.7 Å². The molecular formula is C16H14FNO2. The molecule has 0 saturated carbocycles. The highest BCUT2D eigenvalue weighted by molar-refractivity contribution is 5.92. The van der Waals surface area contributed by atoms with Gasteiger partial charge in [0.2, 0.25) is 5.91 Å². The largest absolute Gasteiger partial charge is 0.493 e. The molecule has 1 aliphatic rings. The van der Waals surface area contributed by atoms with E-state index in [2.05, 4.69) is 5.32 Å². The number of para-hydroxylation sites is 1. The van der Waals surface area contributed by atoms with Crippen LogP contribution in [-0.4, -0.2) is 12.5 Å². The molecule has 0 atom stereocenters. The van der Waals surface area contributed by atoms with Crippen LogP contribution in [-0.2, 0) is 17.6 Å². The summed E-state index contributed by atoms with van der Waals surface area (Å²) in [4.78, 5) is 11.9. The first kappa shape index (κ1) is 12.7. The van der Waals surface area contributed by atoms with Gasteiger partial charge in [-0.3, -0.25) is 4.79 Å². The molecule has 0 bridgehead atoms. The standard InChI is InChI=1S/C16H14FNO2/c17-13-3-1-2-4-14(13)18-16(19)10-11-5-6-15-12(9-11)7-8-20-15/h1-6,9H,7-8,10H2,(H,18,19). The Bertz CT molecular complexity index is 655. The molecule has 2 aromatic rings. The average Bonchev–Trinajstić information content (AvgIpc) is 2.89. The second-order valence-corrected chi connectivity index (χ2v) is 4.75. The number of halogens is 1. The minimum atomic E-state index is -0.428. The van der Waals surface area contributed by atoms with Crippen molar-refractivity contribution in [2.24, 2.45) is 0 Å². The summed E-state index contributed by atoms with van der Waals surface area (Å²) in [5, 5.41) is 2.58. The Hall–Kier alpha value is -2.36. The Morgan fingerprint density at radius 3 is 2.95 bits per heavy atom. The molecule has 1 amide bonds. The van der Waals surface area contributed by atoms with E-state index in [4.69, 9.17) is 4.74 Å². The molecule has 0 fully saturated rings. The maximum atomic E-state index is 13.4. The zero-order valence-electron chi connectivity index (χ0n) is 10.9. The first-order chi connectivity index (χ1) is 9.72. The molecule has 0 aliphatic carbocycles. The van der Waals surface area contributed by atoms with Gasteiger partial charge in [-0.05, 0) is 29.3 Å². The predicted molar refractivity (Wildman–Crippen MR) is 74.4 cm³/mol. The first-order valence-electron chi connectivity index (χ1n) is 6.51. The normalized spacial score (nSPS) is 12.7. The SMILES string of the molecule is O=C(Cc1ccc2c(c1)CCO2)Nc1ccccc1F. The van der Waals surface area contributed by atoms with Gasteiger partial charge in [0.25, 0.3) is 0 Å². The van der Waals surface area contributed by atoms with Crippen LogP contribution in [0, 0.1) is 5.82 Å². The van der Waals surface area contributed by atoms with E-state index in [0.717, 1.165) is 23.3 Å². The van der Waals surface area contributed by atoms with Crippen molar-refractivity contribution in [3.05, 3.63) is 59.4 Å². The number of anilines is 1. The molecule has 0 radical (unpaired) electrons. The number of hydrogen-bond donors (Lipinski definition) is 1. The van der Waals surface area contributed by atoms with Gasteiger partial charge in [0, 0.05) is 6.42 Å². The Kier molecular flexibility index (Phi) is 3.37. The smallest absolute Gasteiger partial charge is 0.228 e. The summed E-state index contributed by atoms with van der Waals surface area (Å²) < 4.78 is 18.9. The van der Waals surface area contributed by atoms with Gasteiger partial charge in [-0.15, -0.1) is 0 Å². The molecule has 1 N–H and O–H groups in total. The van der Waals surface area contributed by atoms with Crippen LogP contribution in [0.25, 0.3) is 0 Å². The van der Waals surface area contributed by atoms with Gasteiger partial charge < -0.3 is 10.1 Å². The lowest BCUT2D eigenvalue weighted by Gasteiger charge is -2.07. The summed E-state index contributed by atoms with van der Waals surface area (Å²) in [6.45, 7) is 0.695. The van der Waals surface area contributed by atoms with Crippen LogP contribution >= 0.6 is 0 Å². The number of carbonyl (C=O) groups excluding carboxylic acids is 1. The van der Waals surface area contributed by atoms with Crippen LogP contribution in [0.1, 0.15) is 11.1 Å². The maximum Gasteiger partial charge on any atom is 0.228 e. The minimum absolute atomic E-state index is 0.210. The lowest BCUT2D eigenvalue weighted by molar-refractivity contribution is -0.115. The Morgan fingerprint density at radius 2 is 2.10 bits per heavy atom. The molecule has 20 heavy (non-hydrogen) atoms. The van der Waals surface area contributed by atoms with Gasteiger partial charge in [0.1, 0.15) is 11.6 Å². The first-order valence-corrected chi connectivity index (χ1v) is 6.51. The molecule has 0 spiro atoms. The predicted octanol–water partition coefficient (Wildman–Crippen LogP) is 2.94.